The highest BCUT2D eigenvalue weighted by atomic mass is 16.3. The maximum absolute atomic E-state index is 10.2. The third kappa shape index (κ3) is 5.08. The second kappa shape index (κ2) is 5.09. The Kier molecular flexibility index (Phi) is 4.83. The average Bonchev–Trinajstić information content (AvgIpc) is 2.00. The van der Waals surface area contributed by atoms with Gasteiger partial charge < -0.3 is 5.11 Å². The lowest BCUT2D eigenvalue weighted by atomic mass is 9.96. The molecule has 0 spiro atoms. The molecule has 1 atom stereocenters. The minimum Gasteiger partial charge on any atom is -0.390 e. The highest BCUT2D eigenvalue weighted by Gasteiger charge is 2.16. The summed E-state index contributed by atoms with van der Waals surface area (Å²) >= 11 is 0. The molecule has 0 aliphatic heterocycles. The van der Waals surface area contributed by atoms with Crippen LogP contribution in [0.4, 0.5) is 0 Å². The quantitative estimate of drug-likeness (QED) is 0.506. The van der Waals surface area contributed by atoms with Gasteiger partial charge in [-0.2, -0.15) is 0 Å². The van der Waals surface area contributed by atoms with Gasteiger partial charge in [-0.05, 0) is 32.3 Å². The van der Waals surface area contributed by atoms with Crippen molar-refractivity contribution in [1.29, 1.82) is 0 Å². The first kappa shape index (κ1) is 11.4. The van der Waals surface area contributed by atoms with Gasteiger partial charge in [0.25, 0.3) is 0 Å². The smallest absolute Gasteiger partial charge is 0.145 e. The second-order valence-electron chi connectivity index (χ2n) is 3.52. The van der Waals surface area contributed by atoms with Crippen LogP contribution < -0.4 is 0 Å². The SMILES string of the molecule is CCCC(C)(O)C/C=C(\C)C=O. The second-order valence-corrected chi connectivity index (χ2v) is 3.52. The van der Waals surface area contributed by atoms with Gasteiger partial charge in [0, 0.05) is 0 Å². The summed E-state index contributed by atoms with van der Waals surface area (Å²) in [6.45, 7) is 5.57. The number of carbonyl (C=O) groups excluding carboxylic acids is 1. The Hall–Kier alpha value is -0.630. The zero-order valence-electron chi connectivity index (χ0n) is 8.13. The standard InChI is InChI=1S/C10H18O2/c1-4-6-10(3,12)7-5-9(2)8-11/h5,8,12H,4,6-7H2,1-3H3/b9-5+. The van der Waals surface area contributed by atoms with Crippen LogP contribution in [0, 0.1) is 0 Å². The highest BCUT2D eigenvalue weighted by molar-refractivity contribution is 5.71. The molecule has 12 heavy (non-hydrogen) atoms. The number of rotatable bonds is 5. The molecule has 0 radical (unpaired) electrons. The number of hydrogen-bond acceptors (Lipinski definition) is 2. The molecule has 1 unspecified atom stereocenters. The Balaban J connectivity index is 3.97. The maximum atomic E-state index is 10.2. The van der Waals surface area contributed by atoms with E-state index < -0.39 is 5.60 Å². The molecule has 0 fully saturated rings. The molecule has 0 amide bonds. The zero-order chi connectivity index (χ0) is 9.61. The zero-order valence-corrected chi connectivity index (χ0v) is 8.13. The largest absolute Gasteiger partial charge is 0.390 e. The third-order valence-electron chi connectivity index (χ3n) is 1.84. The van der Waals surface area contributed by atoms with Gasteiger partial charge in [-0.25, -0.2) is 0 Å². The van der Waals surface area contributed by atoms with Crippen LogP contribution in [-0.2, 0) is 4.79 Å². The first-order valence-electron chi connectivity index (χ1n) is 4.36. The van der Waals surface area contributed by atoms with E-state index in [1.165, 1.54) is 0 Å². The minimum absolute atomic E-state index is 0.561. The van der Waals surface area contributed by atoms with Gasteiger partial charge in [-0.15, -0.1) is 0 Å². The van der Waals surface area contributed by atoms with Crippen LogP contribution in [0.1, 0.15) is 40.0 Å². The third-order valence-corrected chi connectivity index (χ3v) is 1.84. The van der Waals surface area contributed by atoms with Crippen molar-refractivity contribution in [2.75, 3.05) is 0 Å². The normalized spacial score (nSPS) is 17.2. The van der Waals surface area contributed by atoms with E-state index in [1.54, 1.807) is 19.9 Å². The molecule has 2 heteroatoms. The summed E-state index contributed by atoms with van der Waals surface area (Å²) in [5.41, 5.74) is 0.0327. The van der Waals surface area contributed by atoms with Crippen LogP contribution in [0.15, 0.2) is 11.6 Å². The molecule has 0 saturated heterocycles. The Morgan fingerprint density at radius 3 is 2.58 bits per heavy atom. The number of hydrogen-bond donors (Lipinski definition) is 1. The van der Waals surface area contributed by atoms with E-state index in [0.717, 1.165) is 19.1 Å². The van der Waals surface area contributed by atoms with Crippen LogP contribution in [0.5, 0.6) is 0 Å². The van der Waals surface area contributed by atoms with Gasteiger partial charge in [-0.3, -0.25) is 4.79 Å². The van der Waals surface area contributed by atoms with Gasteiger partial charge >= 0.3 is 0 Å². The van der Waals surface area contributed by atoms with Crippen LogP contribution in [0.3, 0.4) is 0 Å². The summed E-state index contributed by atoms with van der Waals surface area (Å²) in [5, 5.41) is 9.70. The fraction of sp³-hybridized carbons (Fsp3) is 0.700. The number of aliphatic hydroxyl groups is 1. The monoisotopic (exact) mass is 170 g/mol. The summed E-state index contributed by atoms with van der Waals surface area (Å²) in [6, 6.07) is 0. The molecule has 0 bridgehead atoms. The number of carbonyl (C=O) groups is 1. The molecule has 0 aliphatic rings. The first-order chi connectivity index (χ1) is 5.52. The van der Waals surface area contributed by atoms with E-state index in [2.05, 4.69) is 0 Å². The lowest BCUT2D eigenvalue weighted by Crippen LogP contribution is -2.22. The molecule has 0 aromatic rings. The maximum Gasteiger partial charge on any atom is 0.145 e. The predicted octanol–water partition coefficient (Wildman–Crippen LogP) is 2.07. The van der Waals surface area contributed by atoms with E-state index in [4.69, 9.17) is 0 Å². The summed E-state index contributed by atoms with van der Waals surface area (Å²) in [5.74, 6) is 0. The molecule has 1 N–H and O–H groups in total. The Morgan fingerprint density at radius 2 is 2.17 bits per heavy atom. The Labute approximate surface area is 74.3 Å². The van der Waals surface area contributed by atoms with Crippen molar-refractivity contribution in [3.8, 4) is 0 Å². The minimum atomic E-state index is -0.654. The number of aldehydes is 1. The van der Waals surface area contributed by atoms with Crippen LogP contribution >= 0.6 is 0 Å². The van der Waals surface area contributed by atoms with Crippen molar-refractivity contribution in [3.05, 3.63) is 11.6 Å². The molecule has 2 nitrogen and oxygen atoms in total. The van der Waals surface area contributed by atoms with Crippen molar-refractivity contribution >= 4 is 6.29 Å². The van der Waals surface area contributed by atoms with Crippen LogP contribution in [0.2, 0.25) is 0 Å². The molecule has 0 aliphatic carbocycles. The molecular formula is C10H18O2. The van der Waals surface area contributed by atoms with Crippen molar-refractivity contribution in [2.45, 2.75) is 45.6 Å². The molecular weight excluding hydrogens is 152 g/mol. The molecule has 70 valence electrons. The van der Waals surface area contributed by atoms with Gasteiger partial charge in [0.05, 0.1) is 5.60 Å². The fourth-order valence-electron chi connectivity index (χ4n) is 1.07. The summed E-state index contributed by atoms with van der Waals surface area (Å²) in [6.07, 6.45) is 4.88. The lowest BCUT2D eigenvalue weighted by molar-refractivity contribution is -0.104. The van der Waals surface area contributed by atoms with Crippen molar-refractivity contribution in [1.82, 2.24) is 0 Å². The molecule has 0 aromatic carbocycles. The molecule has 0 rings (SSSR count). The summed E-state index contributed by atoms with van der Waals surface area (Å²) in [7, 11) is 0. The summed E-state index contributed by atoms with van der Waals surface area (Å²) in [4.78, 5) is 10.2. The summed E-state index contributed by atoms with van der Waals surface area (Å²) < 4.78 is 0. The topological polar surface area (TPSA) is 37.3 Å². The number of allylic oxidation sites excluding steroid dienone is 1. The first-order valence-corrected chi connectivity index (χ1v) is 4.36. The van der Waals surface area contributed by atoms with Gasteiger partial charge in [0.1, 0.15) is 6.29 Å². The molecule has 0 aromatic heterocycles. The molecule has 0 heterocycles. The van der Waals surface area contributed by atoms with Crippen molar-refractivity contribution in [2.24, 2.45) is 0 Å². The molecule has 0 saturated carbocycles. The van der Waals surface area contributed by atoms with E-state index in [-0.39, 0.29) is 0 Å². The lowest BCUT2D eigenvalue weighted by Gasteiger charge is -2.20. The Bertz CT molecular complexity index is 169. The van der Waals surface area contributed by atoms with Crippen LogP contribution in [0.25, 0.3) is 0 Å². The fourth-order valence-corrected chi connectivity index (χ4v) is 1.07. The van der Waals surface area contributed by atoms with E-state index in [1.807, 2.05) is 6.92 Å². The predicted molar refractivity (Wildman–Crippen MR) is 50.0 cm³/mol. The van der Waals surface area contributed by atoms with Gasteiger partial charge in [0.15, 0.2) is 0 Å². The van der Waals surface area contributed by atoms with Gasteiger partial charge in [-0.1, -0.05) is 19.4 Å². The van der Waals surface area contributed by atoms with Crippen LogP contribution in [-0.4, -0.2) is 17.0 Å². The highest BCUT2D eigenvalue weighted by Crippen LogP contribution is 2.17. The van der Waals surface area contributed by atoms with E-state index in [0.29, 0.717) is 12.0 Å². The average molecular weight is 170 g/mol. The van der Waals surface area contributed by atoms with E-state index in [9.17, 15) is 9.90 Å². The van der Waals surface area contributed by atoms with Gasteiger partial charge in [0.2, 0.25) is 0 Å². The Morgan fingerprint density at radius 1 is 1.58 bits per heavy atom. The van der Waals surface area contributed by atoms with Crippen molar-refractivity contribution in [3.63, 3.8) is 0 Å². The van der Waals surface area contributed by atoms with E-state index >= 15 is 0 Å². The van der Waals surface area contributed by atoms with Crippen molar-refractivity contribution < 1.29 is 9.90 Å².